The van der Waals surface area contributed by atoms with Gasteiger partial charge < -0.3 is 5.32 Å². The normalized spacial score (nSPS) is 11.5. The predicted molar refractivity (Wildman–Crippen MR) is 115 cm³/mol. The van der Waals surface area contributed by atoms with Crippen LogP contribution in [0.15, 0.2) is 53.1 Å². The second-order valence-corrected chi connectivity index (χ2v) is 7.94. The Morgan fingerprint density at radius 3 is 2.68 bits per heavy atom. The molecule has 0 radical (unpaired) electrons. The topological polar surface area (TPSA) is 76.9 Å². The van der Waals surface area contributed by atoms with Crippen LogP contribution in [0.25, 0.3) is 10.9 Å². The van der Waals surface area contributed by atoms with Crippen LogP contribution in [0.2, 0.25) is 10.0 Å². The number of amides is 1. The first-order valence-corrected chi connectivity index (χ1v) is 10.3. The van der Waals surface area contributed by atoms with Crippen molar-refractivity contribution in [3.63, 3.8) is 0 Å². The van der Waals surface area contributed by atoms with Gasteiger partial charge >= 0.3 is 6.18 Å². The number of carbonyl (C=O) groups is 1. The molecule has 0 spiro atoms. The molecule has 0 unspecified atom stereocenters. The fourth-order valence-electron chi connectivity index (χ4n) is 2.56. The molecule has 0 saturated heterocycles. The third-order valence-electron chi connectivity index (χ3n) is 3.95. The molecule has 0 atom stereocenters. The molecule has 0 aliphatic rings. The molecule has 1 N–H and O–H groups in total. The lowest BCUT2D eigenvalue weighted by molar-refractivity contribution is -0.137. The average Bonchev–Trinajstić information content (AvgIpc) is 2.69. The van der Waals surface area contributed by atoms with Gasteiger partial charge in [-0.15, -0.1) is 6.58 Å². The van der Waals surface area contributed by atoms with E-state index in [4.69, 9.17) is 23.2 Å². The van der Waals surface area contributed by atoms with Crippen LogP contribution < -0.4 is 10.9 Å². The Bertz CT molecular complexity index is 1230. The second-order valence-electron chi connectivity index (χ2n) is 6.15. The number of halogens is 5. The van der Waals surface area contributed by atoms with Gasteiger partial charge in [0.2, 0.25) is 5.91 Å². The van der Waals surface area contributed by atoms with Gasteiger partial charge in [0, 0.05) is 17.8 Å². The zero-order valence-electron chi connectivity index (χ0n) is 15.5. The van der Waals surface area contributed by atoms with Gasteiger partial charge in [-0.2, -0.15) is 13.2 Å². The van der Waals surface area contributed by atoms with Gasteiger partial charge in [-0.1, -0.05) is 41.0 Å². The fourth-order valence-corrected chi connectivity index (χ4v) is 3.75. The molecule has 2 aromatic heterocycles. The van der Waals surface area contributed by atoms with Crippen molar-refractivity contribution in [3.05, 3.63) is 69.1 Å². The minimum Gasteiger partial charge on any atom is -0.309 e. The molecule has 3 rings (SSSR count). The highest BCUT2D eigenvalue weighted by molar-refractivity contribution is 7.99. The van der Waals surface area contributed by atoms with E-state index in [1.807, 2.05) is 0 Å². The Labute approximate surface area is 188 Å². The van der Waals surface area contributed by atoms with Crippen LogP contribution in [0.5, 0.6) is 0 Å². The molecule has 31 heavy (non-hydrogen) atoms. The van der Waals surface area contributed by atoms with E-state index < -0.39 is 17.6 Å². The highest BCUT2D eigenvalue weighted by Crippen LogP contribution is 2.32. The molecule has 0 aliphatic carbocycles. The monoisotopic (exact) mass is 488 g/mol. The minimum absolute atomic E-state index is 0.167. The van der Waals surface area contributed by atoms with Crippen molar-refractivity contribution in [1.29, 1.82) is 0 Å². The quantitative estimate of drug-likeness (QED) is 0.299. The first kappa shape index (κ1) is 23.1. The summed E-state index contributed by atoms with van der Waals surface area (Å²) in [5.41, 5.74) is -0.984. The summed E-state index contributed by atoms with van der Waals surface area (Å²) >= 11 is 12.7. The molecule has 0 saturated carbocycles. The molecule has 0 bridgehead atoms. The van der Waals surface area contributed by atoms with E-state index >= 15 is 0 Å². The summed E-state index contributed by atoms with van der Waals surface area (Å²) in [7, 11) is 0. The highest BCUT2D eigenvalue weighted by atomic mass is 35.5. The molecule has 162 valence electrons. The molecule has 6 nitrogen and oxygen atoms in total. The van der Waals surface area contributed by atoms with Crippen LogP contribution >= 0.6 is 35.0 Å². The van der Waals surface area contributed by atoms with Crippen LogP contribution in [0.3, 0.4) is 0 Å². The zero-order valence-corrected chi connectivity index (χ0v) is 17.9. The van der Waals surface area contributed by atoms with E-state index in [-0.39, 0.29) is 33.9 Å². The van der Waals surface area contributed by atoms with Crippen molar-refractivity contribution in [1.82, 2.24) is 14.5 Å². The molecular formula is C19H13Cl2F3N4O2S. The number of anilines is 1. The SMILES string of the molecule is C=CCn1c(SCC(=O)Nc2ncc(C(F)(F)F)cc2Cl)nc2cc(Cl)ccc2c1=O. The molecule has 0 fully saturated rings. The molecule has 2 heterocycles. The van der Waals surface area contributed by atoms with Gasteiger partial charge in [-0.05, 0) is 24.3 Å². The van der Waals surface area contributed by atoms with Gasteiger partial charge in [0.1, 0.15) is 0 Å². The molecule has 12 heteroatoms. The standard InChI is InChI=1S/C19H13Cl2F3N4O2S/c1-2-5-28-17(30)12-4-3-11(20)7-14(12)26-18(28)31-9-15(29)27-16-13(21)6-10(8-25-16)19(22,23)24/h2-4,6-8H,1,5,9H2,(H,25,27,29). The smallest absolute Gasteiger partial charge is 0.309 e. The van der Waals surface area contributed by atoms with Gasteiger partial charge in [0.25, 0.3) is 5.56 Å². The van der Waals surface area contributed by atoms with Crippen LogP contribution in [-0.4, -0.2) is 26.2 Å². The van der Waals surface area contributed by atoms with Crippen molar-refractivity contribution in [3.8, 4) is 0 Å². The molecule has 3 aromatic rings. The van der Waals surface area contributed by atoms with E-state index in [2.05, 4.69) is 21.9 Å². The Morgan fingerprint density at radius 2 is 2.03 bits per heavy atom. The average molecular weight is 489 g/mol. The lowest BCUT2D eigenvalue weighted by atomic mass is 10.2. The van der Waals surface area contributed by atoms with Gasteiger partial charge in [0.05, 0.1) is 27.2 Å². The van der Waals surface area contributed by atoms with Crippen LogP contribution in [-0.2, 0) is 17.5 Å². The zero-order chi connectivity index (χ0) is 22.8. The number of nitrogens with one attached hydrogen (secondary N) is 1. The van der Waals surface area contributed by atoms with Crippen molar-refractivity contribution in [2.45, 2.75) is 17.9 Å². The molecular weight excluding hydrogens is 476 g/mol. The van der Waals surface area contributed by atoms with Crippen LogP contribution in [0.1, 0.15) is 5.56 Å². The number of alkyl halides is 3. The maximum atomic E-state index is 12.7. The van der Waals surface area contributed by atoms with Gasteiger partial charge in [-0.25, -0.2) is 9.97 Å². The predicted octanol–water partition coefficient (Wildman–Crippen LogP) is 5.03. The van der Waals surface area contributed by atoms with E-state index in [0.29, 0.717) is 28.2 Å². The van der Waals surface area contributed by atoms with Gasteiger partial charge in [-0.3, -0.25) is 14.2 Å². The number of hydrogen-bond acceptors (Lipinski definition) is 5. The Morgan fingerprint density at radius 1 is 1.29 bits per heavy atom. The summed E-state index contributed by atoms with van der Waals surface area (Å²) in [6.45, 7) is 3.78. The Hall–Kier alpha value is -2.56. The summed E-state index contributed by atoms with van der Waals surface area (Å²) in [5.74, 6) is -0.999. The maximum absolute atomic E-state index is 12.7. The van der Waals surface area contributed by atoms with Crippen molar-refractivity contribution in [2.24, 2.45) is 0 Å². The largest absolute Gasteiger partial charge is 0.417 e. The number of benzene rings is 1. The number of carbonyl (C=O) groups excluding carboxylic acids is 1. The first-order valence-electron chi connectivity index (χ1n) is 8.56. The first-order chi connectivity index (χ1) is 14.6. The lowest BCUT2D eigenvalue weighted by Crippen LogP contribution is -2.24. The van der Waals surface area contributed by atoms with E-state index in [1.54, 1.807) is 12.1 Å². The minimum atomic E-state index is -4.60. The van der Waals surface area contributed by atoms with E-state index in [9.17, 15) is 22.8 Å². The summed E-state index contributed by atoms with van der Waals surface area (Å²) in [5, 5.41) is 3.01. The van der Waals surface area contributed by atoms with Crippen molar-refractivity contribution in [2.75, 3.05) is 11.1 Å². The Balaban J connectivity index is 1.80. The second kappa shape index (κ2) is 9.29. The number of aromatic nitrogens is 3. The van der Waals surface area contributed by atoms with E-state index in [0.717, 1.165) is 11.8 Å². The number of rotatable bonds is 6. The number of allylic oxidation sites excluding steroid dienone is 1. The van der Waals surface area contributed by atoms with E-state index in [1.165, 1.54) is 16.7 Å². The fraction of sp³-hybridized carbons (Fsp3) is 0.158. The third kappa shape index (κ3) is 5.38. The number of thioether (sulfide) groups is 1. The van der Waals surface area contributed by atoms with Crippen LogP contribution in [0, 0.1) is 0 Å². The molecule has 1 amide bonds. The summed E-state index contributed by atoms with van der Waals surface area (Å²) in [6, 6.07) is 5.35. The number of nitrogens with zero attached hydrogens (tertiary/aromatic N) is 3. The highest BCUT2D eigenvalue weighted by Gasteiger charge is 2.31. The lowest BCUT2D eigenvalue weighted by Gasteiger charge is -2.12. The molecule has 0 aliphatic heterocycles. The van der Waals surface area contributed by atoms with Crippen LogP contribution in [0.4, 0.5) is 19.0 Å². The summed E-state index contributed by atoms with van der Waals surface area (Å²) in [6.07, 6.45) is -2.51. The number of hydrogen-bond donors (Lipinski definition) is 1. The number of pyridine rings is 1. The number of fused-ring (bicyclic) bond motifs is 1. The maximum Gasteiger partial charge on any atom is 0.417 e. The third-order valence-corrected chi connectivity index (χ3v) is 5.45. The Kier molecular flexibility index (Phi) is 6.93. The molecule has 1 aromatic carbocycles. The van der Waals surface area contributed by atoms with Crippen molar-refractivity contribution < 1.29 is 18.0 Å². The van der Waals surface area contributed by atoms with Crippen molar-refractivity contribution >= 4 is 57.6 Å². The van der Waals surface area contributed by atoms with Gasteiger partial charge in [0.15, 0.2) is 11.0 Å². The summed E-state index contributed by atoms with van der Waals surface area (Å²) < 4.78 is 39.5. The summed E-state index contributed by atoms with van der Waals surface area (Å²) in [4.78, 5) is 33.0.